The van der Waals surface area contributed by atoms with Gasteiger partial charge in [0.2, 0.25) is 0 Å². The van der Waals surface area contributed by atoms with Gasteiger partial charge in [0.15, 0.2) is 0 Å². The number of benzene rings is 1. The van der Waals surface area contributed by atoms with Gasteiger partial charge in [0.05, 0.1) is 17.1 Å². The highest BCUT2D eigenvalue weighted by Crippen LogP contribution is 2.28. The number of aryl methyl sites for hydroxylation is 3. The van der Waals surface area contributed by atoms with E-state index in [1.54, 1.807) is 26.0 Å². The number of sulfonamides is 1. The van der Waals surface area contributed by atoms with Gasteiger partial charge in [-0.05, 0) is 38.0 Å². The summed E-state index contributed by atoms with van der Waals surface area (Å²) in [7, 11) is -3.78. The molecule has 0 spiro atoms. The van der Waals surface area contributed by atoms with Crippen LogP contribution in [-0.2, 0) is 16.4 Å². The molecule has 2 aromatic rings. The molecule has 0 radical (unpaired) electrons. The van der Waals surface area contributed by atoms with Crippen LogP contribution in [0.15, 0.2) is 23.1 Å². The Hall–Kier alpha value is -2.02. The minimum absolute atomic E-state index is 0.107. The molecule has 1 aromatic heterocycles. The maximum absolute atomic E-state index is 12.4. The van der Waals surface area contributed by atoms with E-state index in [0.29, 0.717) is 11.4 Å². The molecule has 0 amide bonds. The molecule has 1 heterocycles. The average molecular weight is 295 g/mol. The molecule has 1 aromatic carbocycles. The van der Waals surface area contributed by atoms with E-state index in [1.807, 2.05) is 6.92 Å². The fraction of sp³-hybridized carbons (Fsp3) is 0.308. The minimum Gasteiger partial charge on any atom is -0.506 e. The summed E-state index contributed by atoms with van der Waals surface area (Å²) in [6, 6.07) is 4.85. The van der Waals surface area contributed by atoms with Gasteiger partial charge < -0.3 is 5.11 Å². The van der Waals surface area contributed by atoms with Crippen molar-refractivity contribution in [3.05, 3.63) is 35.2 Å². The Morgan fingerprint density at radius 1 is 1.35 bits per heavy atom. The maximum Gasteiger partial charge on any atom is 0.265 e. The SMILES string of the molecule is CCc1ccc(O)c(NS(=O)(=O)c2c(C)n[nH]c2C)c1. The lowest BCUT2D eigenvalue weighted by Gasteiger charge is -2.11. The van der Waals surface area contributed by atoms with Crippen LogP contribution in [0.25, 0.3) is 0 Å². The Morgan fingerprint density at radius 3 is 2.60 bits per heavy atom. The molecule has 6 nitrogen and oxygen atoms in total. The number of aromatic nitrogens is 2. The van der Waals surface area contributed by atoms with Crippen LogP contribution in [0.5, 0.6) is 5.75 Å². The number of phenols is 1. The van der Waals surface area contributed by atoms with Crippen LogP contribution in [0, 0.1) is 13.8 Å². The van der Waals surface area contributed by atoms with E-state index in [-0.39, 0.29) is 16.3 Å². The van der Waals surface area contributed by atoms with E-state index < -0.39 is 10.0 Å². The molecule has 0 aliphatic heterocycles. The monoisotopic (exact) mass is 295 g/mol. The van der Waals surface area contributed by atoms with Crippen molar-refractivity contribution in [3.8, 4) is 5.75 Å². The Morgan fingerprint density at radius 2 is 2.05 bits per heavy atom. The van der Waals surface area contributed by atoms with Crippen LogP contribution in [0.4, 0.5) is 5.69 Å². The number of hydrogen-bond donors (Lipinski definition) is 3. The van der Waals surface area contributed by atoms with Gasteiger partial charge in [0.25, 0.3) is 10.0 Å². The van der Waals surface area contributed by atoms with Crippen LogP contribution in [0.2, 0.25) is 0 Å². The third-order valence-corrected chi connectivity index (χ3v) is 4.67. The molecule has 108 valence electrons. The second-order valence-corrected chi connectivity index (χ2v) is 6.19. The first-order chi connectivity index (χ1) is 9.35. The zero-order valence-corrected chi connectivity index (χ0v) is 12.4. The second kappa shape index (κ2) is 5.16. The Kier molecular flexibility index (Phi) is 3.71. The van der Waals surface area contributed by atoms with Crippen LogP contribution in [0.1, 0.15) is 23.9 Å². The van der Waals surface area contributed by atoms with Crippen molar-refractivity contribution < 1.29 is 13.5 Å². The molecule has 0 aliphatic rings. The van der Waals surface area contributed by atoms with E-state index in [2.05, 4.69) is 14.9 Å². The number of anilines is 1. The van der Waals surface area contributed by atoms with Crippen molar-refractivity contribution in [3.63, 3.8) is 0 Å². The average Bonchev–Trinajstić information content (AvgIpc) is 2.72. The number of hydrogen-bond acceptors (Lipinski definition) is 4. The highest BCUT2D eigenvalue weighted by atomic mass is 32.2. The standard InChI is InChI=1S/C13H17N3O3S/c1-4-10-5-6-12(17)11(7-10)16-20(18,19)13-8(2)14-15-9(13)3/h5-7,16-17H,4H2,1-3H3,(H,14,15). The molecule has 2 rings (SSSR count). The number of H-pyrrole nitrogens is 1. The normalized spacial score (nSPS) is 11.6. The largest absolute Gasteiger partial charge is 0.506 e. The molecule has 7 heteroatoms. The lowest BCUT2D eigenvalue weighted by Crippen LogP contribution is -2.14. The maximum atomic E-state index is 12.4. The quantitative estimate of drug-likeness (QED) is 0.753. The summed E-state index contributed by atoms with van der Waals surface area (Å²) in [6.07, 6.45) is 0.749. The highest BCUT2D eigenvalue weighted by molar-refractivity contribution is 7.92. The summed E-state index contributed by atoms with van der Waals surface area (Å²) < 4.78 is 27.2. The van der Waals surface area contributed by atoms with Gasteiger partial charge in [0, 0.05) is 0 Å². The van der Waals surface area contributed by atoms with Gasteiger partial charge >= 0.3 is 0 Å². The molecule has 0 saturated carbocycles. The smallest absolute Gasteiger partial charge is 0.265 e. The number of rotatable bonds is 4. The summed E-state index contributed by atoms with van der Waals surface area (Å²) >= 11 is 0. The fourth-order valence-corrected chi connectivity index (χ4v) is 3.46. The Balaban J connectivity index is 2.43. The second-order valence-electron chi connectivity index (χ2n) is 4.57. The van der Waals surface area contributed by atoms with E-state index in [0.717, 1.165) is 12.0 Å². The van der Waals surface area contributed by atoms with E-state index >= 15 is 0 Å². The van der Waals surface area contributed by atoms with Crippen LogP contribution in [-0.4, -0.2) is 23.7 Å². The Bertz CT molecular complexity index is 716. The summed E-state index contributed by atoms with van der Waals surface area (Å²) in [5.74, 6) is -0.107. The summed E-state index contributed by atoms with van der Waals surface area (Å²) in [5.41, 5.74) is 1.95. The molecular weight excluding hydrogens is 278 g/mol. The number of phenolic OH excluding ortho intramolecular Hbond substituents is 1. The predicted molar refractivity (Wildman–Crippen MR) is 76.4 cm³/mol. The topological polar surface area (TPSA) is 95.1 Å². The molecule has 3 N–H and O–H groups in total. The lowest BCUT2D eigenvalue weighted by molar-refractivity contribution is 0.477. The van der Waals surface area contributed by atoms with Crippen LogP contribution < -0.4 is 4.72 Å². The van der Waals surface area contributed by atoms with Gasteiger partial charge in [-0.1, -0.05) is 13.0 Å². The molecule has 0 saturated heterocycles. The number of aromatic amines is 1. The molecule has 0 bridgehead atoms. The third-order valence-electron chi connectivity index (χ3n) is 3.04. The zero-order valence-electron chi connectivity index (χ0n) is 11.6. The Labute approximate surface area is 117 Å². The van der Waals surface area contributed by atoms with Crippen molar-refractivity contribution in [2.24, 2.45) is 0 Å². The number of nitrogens with one attached hydrogen (secondary N) is 2. The molecule has 0 fully saturated rings. The van der Waals surface area contributed by atoms with Crippen molar-refractivity contribution in [1.29, 1.82) is 0 Å². The van der Waals surface area contributed by atoms with Crippen molar-refractivity contribution in [2.75, 3.05) is 4.72 Å². The van der Waals surface area contributed by atoms with Gasteiger partial charge in [-0.2, -0.15) is 5.10 Å². The van der Waals surface area contributed by atoms with Crippen LogP contribution in [0.3, 0.4) is 0 Å². The van der Waals surface area contributed by atoms with E-state index in [1.165, 1.54) is 6.07 Å². The van der Waals surface area contributed by atoms with Crippen LogP contribution >= 0.6 is 0 Å². The first-order valence-electron chi connectivity index (χ1n) is 6.21. The molecule has 0 unspecified atom stereocenters. The van der Waals surface area contributed by atoms with Crippen molar-refractivity contribution >= 4 is 15.7 Å². The van der Waals surface area contributed by atoms with Crippen molar-refractivity contribution in [1.82, 2.24) is 10.2 Å². The summed E-state index contributed by atoms with van der Waals surface area (Å²) in [6.45, 7) is 5.20. The number of aromatic hydroxyl groups is 1. The fourth-order valence-electron chi connectivity index (χ4n) is 2.02. The van der Waals surface area contributed by atoms with Gasteiger partial charge in [-0.15, -0.1) is 0 Å². The van der Waals surface area contributed by atoms with Gasteiger partial charge in [-0.25, -0.2) is 8.42 Å². The molecule has 0 aliphatic carbocycles. The zero-order chi connectivity index (χ0) is 14.9. The minimum atomic E-state index is -3.78. The van der Waals surface area contributed by atoms with E-state index in [9.17, 15) is 13.5 Å². The first-order valence-corrected chi connectivity index (χ1v) is 7.69. The van der Waals surface area contributed by atoms with E-state index in [4.69, 9.17) is 0 Å². The molecular formula is C13H17N3O3S. The van der Waals surface area contributed by atoms with Gasteiger partial charge in [-0.3, -0.25) is 9.82 Å². The van der Waals surface area contributed by atoms with Crippen molar-refractivity contribution in [2.45, 2.75) is 32.1 Å². The van der Waals surface area contributed by atoms with Gasteiger partial charge in [0.1, 0.15) is 10.6 Å². The lowest BCUT2D eigenvalue weighted by atomic mass is 10.1. The summed E-state index contributed by atoms with van der Waals surface area (Å²) in [4.78, 5) is 0.110. The highest BCUT2D eigenvalue weighted by Gasteiger charge is 2.23. The third kappa shape index (κ3) is 2.62. The predicted octanol–water partition coefficient (Wildman–Crippen LogP) is 2.10. The number of nitrogens with zero attached hydrogens (tertiary/aromatic N) is 1. The first kappa shape index (κ1) is 14.4. The summed E-state index contributed by atoms with van der Waals surface area (Å²) in [5, 5.41) is 16.3. The molecule has 20 heavy (non-hydrogen) atoms. The molecule has 0 atom stereocenters.